The van der Waals surface area contributed by atoms with Gasteiger partial charge in [0.05, 0.1) is 5.38 Å². The van der Waals surface area contributed by atoms with Crippen molar-refractivity contribution in [2.24, 2.45) is 5.92 Å². The van der Waals surface area contributed by atoms with Gasteiger partial charge in [0.1, 0.15) is 0 Å². The largest absolute Gasteiger partial charge is 0.339 e. The molecule has 4 nitrogen and oxygen atoms in total. The molecule has 2 amide bonds. The maximum absolute atomic E-state index is 12.5. The van der Waals surface area contributed by atoms with E-state index in [-0.39, 0.29) is 28.5 Å². The first-order valence-corrected chi connectivity index (χ1v) is 7.88. The van der Waals surface area contributed by atoms with Gasteiger partial charge in [-0.3, -0.25) is 9.59 Å². The second-order valence-electron chi connectivity index (χ2n) is 5.40. The van der Waals surface area contributed by atoms with Gasteiger partial charge in [-0.25, -0.2) is 0 Å². The van der Waals surface area contributed by atoms with Crippen LogP contribution in [0.25, 0.3) is 0 Å². The van der Waals surface area contributed by atoms with Crippen molar-refractivity contribution >= 4 is 35.0 Å². The van der Waals surface area contributed by atoms with Crippen molar-refractivity contribution in [2.75, 3.05) is 26.2 Å². The summed E-state index contributed by atoms with van der Waals surface area (Å²) in [6.45, 7) is 5.81. The first kappa shape index (κ1) is 15.6. The van der Waals surface area contributed by atoms with E-state index in [0.717, 1.165) is 12.8 Å². The lowest BCUT2D eigenvalue weighted by Crippen LogP contribution is -2.52. The molecule has 0 bridgehead atoms. The topological polar surface area (TPSA) is 40.6 Å². The van der Waals surface area contributed by atoms with Crippen LogP contribution in [0, 0.1) is 5.92 Å². The van der Waals surface area contributed by atoms with Gasteiger partial charge in [-0.05, 0) is 25.3 Å². The summed E-state index contributed by atoms with van der Waals surface area (Å²) in [5, 5.41) is -0.147. The summed E-state index contributed by atoms with van der Waals surface area (Å²) in [6.07, 6.45) is 3.57. The molecule has 3 atom stereocenters. The van der Waals surface area contributed by atoms with Crippen molar-refractivity contribution in [3.05, 3.63) is 12.7 Å². The second-order valence-corrected chi connectivity index (χ2v) is 6.52. The highest BCUT2D eigenvalue weighted by Crippen LogP contribution is 2.32. The molecule has 2 aliphatic rings. The first-order chi connectivity index (χ1) is 9.52. The number of hydrogen-bond acceptors (Lipinski definition) is 2. The number of carbonyl (C=O) groups is 2. The van der Waals surface area contributed by atoms with Gasteiger partial charge in [-0.1, -0.05) is 6.58 Å². The molecule has 20 heavy (non-hydrogen) atoms. The van der Waals surface area contributed by atoms with Crippen molar-refractivity contribution < 1.29 is 9.59 Å². The lowest BCUT2D eigenvalue weighted by atomic mass is 9.87. The van der Waals surface area contributed by atoms with Crippen LogP contribution in [0.2, 0.25) is 0 Å². The van der Waals surface area contributed by atoms with Crippen LogP contribution in [0.5, 0.6) is 0 Å². The van der Waals surface area contributed by atoms with Gasteiger partial charge < -0.3 is 9.80 Å². The molecule has 6 heteroatoms. The molecule has 2 rings (SSSR count). The number of piperazine rings is 1. The zero-order valence-electron chi connectivity index (χ0n) is 11.4. The summed E-state index contributed by atoms with van der Waals surface area (Å²) in [6, 6.07) is 0. The van der Waals surface area contributed by atoms with E-state index in [0.29, 0.717) is 32.6 Å². The number of nitrogens with zero attached hydrogens (tertiary/aromatic N) is 2. The van der Waals surface area contributed by atoms with E-state index in [1.165, 1.54) is 6.08 Å². The molecule has 0 radical (unpaired) electrons. The Bertz CT molecular complexity index is 395. The van der Waals surface area contributed by atoms with Gasteiger partial charge in [0.25, 0.3) is 0 Å². The Morgan fingerprint density at radius 1 is 1.00 bits per heavy atom. The van der Waals surface area contributed by atoms with Crippen LogP contribution in [0.3, 0.4) is 0 Å². The fourth-order valence-corrected chi connectivity index (χ4v) is 3.41. The monoisotopic (exact) mass is 318 g/mol. The highest BCUT2D eigenvalue weighted by molar-refractivity contribution is 6.30. The third kappa shape index (κ3) is 3.47. The molecule has 2 fully saturated rings. The Morgan fingerprint density at radius 3 is 2.15 bits per heavy atom. The molecule has 112 valence electrons. The van der Waals surface area contributed by atoms with Crippen LogP contribution in [0.4, 0.5) is 0 Å². The average molecular weight is 319 g/mol. The van der Waals surface area contributed by atoms with E-state index in [2.05, 4.69) is 6.58 Å². The van der Waals surface area contributed by atoms with Crippen molar-refractivity contribution in [3.63, 3.8) is 0 Å². The lowest BCUT2D eigenvalue weighted by molar-refractivity contribution is -0.141. The standard InChI is InChI=1S/C14H20Cl2N2O2/c1-2-13(19)17-5-7-18(8-6-17)14(20)10-3-4-11(15)12(16)9-10/h2,10-12H,1,3-9H2. The number of amides is 2. The maximum atomic E-state index is 12.5. The third-order valence-corrected chi connectivity index (χ3v) is 5.25. The van der Waals surface area contributed by atoms with Crippen molar-refractivity contribution in [3.8, 4) is 0 Å². The molecule has 3 unspecified atom stereocenters. The fourth-order valence-electron chi connectivity index (χ4n) is 2.84. The quantitative estimate of drug-likeness (QED) is 0.576. The van der Waals surface area contributed by atoms with E-state index in [1.807, 2.05) is 4.90 Å². The molecule has 1 heterocycles. The summed E-state index contributed by atoms with van der Waals surface area (Å²) < 4.78 is 0. The number of carbonyl (C=O) groups excluding carboxylic acids is 2. The van der Waals surface area contributed by atoms with Gasteiger partial charge in [-0.2, -0.15) is 0 Å². The van der Waals surface area contributed by atoms with Crippen LogP contribution < -0.4 is 0 Å². The highest BCUT2D eigenvalue weighted by atomic mass is 35.5. The minimum atomic E-state index is -0.122. The smallest absolute Gasteiger partial charge is 0.246 e. The third-order valence-electron chi connectivity index (χ3n) is 4.12. The van der Waals surface area contributed by atoms with E-state index < -0.39 is 0 Å². The van der Waals surface area contributed by atoms with E-state index >= 15 is 0 Å². The van der Waals surface area contributed by atoms with Crippen LogP contribution >= 0.6 is 23.2 Å². The summed E-state index contributed by atoms with van der Waals surface area (Å²) in [4.78, 5) is 27.5. The zero-order chi connectivity index (χ0) is 14.7. The van der Waals surface area contributed by atoms with Gasteiger partial charge in [0.15, 0.2) is 0 Å². The van der Waals surface area contributed by atoms with Gasteiger partial charge in [0, 0.05) is 37.5 Å². The molecule has 1 aliphatic carbocycles. The van der Waals surface area contributed by atoms with Gasteiger partial charge in [0.2, 0.25) is 11.8 Å². The summed E-state index contributed by atoms with van der Waals surface area (Å²) >= 11 is 12.2. The van der Waals surface area contributed by atoms with E-state index in [4.69, 9.17) is 23.2 Å². The minimum absolute atomic E-state index is 0.0193. The van der Waals surface area contributed by atoms with Crippen LogP contribution in [-0.2, 0) is 9.59 Å². The summed E-state index contributed by atoms with van der Waals surface area (Å²) in [5.74, 6) is 0.0691. The lowest BCUT2D eigenvalue weighted by Gasteiger charge is -2.38. The average Bonchev–Trinajstić information content (AvgIpc) is 2.48. The molecule has 0 aromatic rings. The number of halogens is 2. The molecule has 0 spiro atoms. The Labute approximate surface area is 129 Å². The molecule has 0 aromatic carbocycles. The molecular weight excluding hydrogens is 299 g/mol. The number of rotatable bonds is 2. The van der Waals surface area contributed by atoms with Crippen LogP contribution in [0.1, 0.15) is 19.3 Å². The zero-order valence-corrected chi connectivity index (χ0v) is 12.9. The van der Waals surface area contributed by atoms with Gasteiger partial charge in [-0.15, -0.1) is 23.2 Å². The Hall–Kier alpha value is -0.740. The first-order valence-electron chi connectivity index (χ1n) is 7.01. The second kappa shape index (κ2) is 6.81. The van der Waals surface area contributed by atoms with Crippen LogP contribution in [0.15, 0.2) is 12.7 Å². The summed E-state index contributed by atoms with van der Waals surface area (Å²) in [5.41, 5.74) is 0. The molecule has 0 aromatic heterocycles. The van der Waals surface area contributed by atoms with Crippen LogP contribution in [-0.4, -0.2) is 58.5 Å². The Kier molecular flexibility index (Phi) is 5.33. The minimum Gasteiger partial charge on any atom is -0.339 e. The van der Waals surface area contributed by atoms with E-state index in [9.17, 15) is 9.59 Å². The van der Waals surface area contributed by atoms with Gasteiger partial charge >= 0.3 is 0 Å². The SMILES string of the molecule is C=CC(=O)N1CCN(C(=O)C2CCC(Cl)C(Cl)C2)CC1. The molecule has 0 N–H and O–H groups in total. The molecule has 1 saturated heterocycles. The highest BCUT2D eigenvalue weighted by Gasteiger charge is 2.35. The van der Waals surface area contributed by atoms with E-state index in [1.54, 1.807) is 4.90 Å². The maximum Gasteiger partial charge on any atom is 0.246 e. The fraction of sp³-hybridized carbons (Fsp3) is 0.714. The Morgan fingerprint density at radius 2 is 1.60 bits per heavy atom. The molecular formula is C14H20Cl2N2O2. The molecule has 1 saturated carbocycles. The molecule has 1 aliphatic heterocycles. The van der Waals surface area contributed by atoms with Crippen molar-refractivity contribution in [2.45, 2.75) is 30.0 Å². The number of hydrogen-bond donors (Lipinski definition) is 0. The predicted octanol–water partition coefficient (Wildman–Crippen LogP) is 1.86. The van der Waals surface area contributed by atoms with Crippen molar-refractivity contribution in [1.82, 2.24) is 9.80 Å². The Balaban J connectivity index is 1.86. The van der Waals surface area contributed by atoms with Crippen molar-refractivity contribution in [1.29, 1.82) is 0 Å². The normalized spacial score (nSPS) is 31.0. The number of alkyl halides is 2. The predicted molar refractivity (Wildman–Crippen MR) is 80.0 cm³/mol. The summed E-state index contributed by atoms with van der Waals surface area (Å²) in [7, 11) is 0.